The van der Waals surface area contributed by atoms with Crippen LogP contribution in [0.2, 0.25) is 0 Å². The Morgan fingerprint density at radius 3 is 2.88 bits per heavy atom. The molecule has 3 heterocycles. The van der Waals surface area contributed by atoms with Crippen LogP contribution in [0.3, 0.4) is 0 Å². The second kappa shape index (κ2) is 10.6. The van der Waals surface area contributed by atoms with E-state index in [-0.39, 0.29) is 24.0 Å². The number of aromatic nitrogens is 1. The maximum Gasteiger partial charge on any atom is 0.194 e. The summed E-state index contributed by atoms with van der Waals surface area (Å²) in [6.45, 7) is 13.1. The van der Waals surface area contributed by atoms with Crippen molar-refractivity contribution in [1.82, 2.24) is 20.1 Å². The van der Waals surface area contributed by atoms with Gasteiger partial charge in [-0.2, -0.15) is 0 Å². The summed E-state index contributed by atoms with van der Waals surface area (Å²) in [5.41, 5.74) is 0. The average molecular weight is 479 g/mol. The van der Waals surface area contributed by atoms with Crippen LogP contribution in [-0.4, -0.2) is 73.2 Å². The number of nitrogens with zero attached hydrogens (tertiary/aromatic N) is 4. The quantitative estimate of drug-likeness (QED) is 0.399. The molecule has 0 aromatic carbocycles. The number of guanidine groups is 1. The van der Waals surface area contributed by atoms with Gasteiger partial charge in [0.15, 0.2) is 5.96 Å². The van der Waals surface area contributed by atoms with E-state index >= 15 is 0 Å². The van der Waals surface area contributed by atoms with E-state index in [2.05, 4.69) is 33.9 Å². The molecule has 25 heavy (non-hydrogen) atoms. The SMILES string of the molecule is CCNC(=NCc1ncc(C)s1)N1CCC(CN2CCOCC2)C1.I. The van der Waals surface area contributed by atoms with Crippen molar-refractivity contribution in [2.45, 2.75) is 26.8 Å². The highest BCUT2D eigenvalue weighted by molar-refractivity contribution is 14.0. The third-order valence-corrected chi connectivity index (χ3v) is 5.47. The largest absolute Gasteiger partial charge is 0.379 e. The van der Waals surface area contributed by atoms with Gasteiger partial charge < -0.3 is 15.0 Å². The molecule has 1 atom stereocenters. The third kappa shape index (κ3) is 6.33. The lowest BCUT2D eigenvalue weighted by atomic mass is 10.1. The Labute approximate surface area is 172 Å². The minimum Gasteiger partial charge on any atom is -0.379 e. The van der Waals surface area contributed by atoms with Crippen molar-refractivity contribution < 1.29 is 4.74 Å². The van der Waals surface area contributed by atoms with E-state index < -0.39 is 0 Å². The van der Waals surface area contributed by atoms with Crippen LogP contribution in [0.25, 0.3) is 0 Å². The summed E-state index contributed by atoms with van der Waals surface area (Å²) in [5.74, 6) is 1.77. The highest BCUT2D eigenvalue weighted by Gasteiger charge is 2.27. The maximum absolute atomic E-state index is 5.45. The Hall–Kier alpha value is -0.450. The van der Waals surface area contributed by atoms with Crippen molar-refractivity contribution in [3.63, 3.8) is 0 Å². The van der Waals surface area contributed by atoms with E-state index in [1.165, 1.54) is 17.8 Å². The van der Waals surface area contributed by atoms with Gasteiger partial charge in [-0.3, -0.25) is 4.90 Å². The van der Waals surface area contributed by atoms with Crippen LogP contribution < -0.4 is 5.32 Å². The lowest BCUT2D eigenvalue weighted by Gasteiger charge is -2.29. The Balaban J connectivity index is 0.00000225. The van der Waals surface area contributed by atoms with E-state index in [1.807, 2.05) is 6.20 Å². The van der Waals surface area contributed by atoms with E-state index in [9.17, 15) is 0 Å². The smallest absolute Gasteiger partial charge is 0.194 e. The number of aryl methyl sites for hydroxylation is 1. The zero-order valence-corrected chi connectivity index (χ0v) is 18.4. The predicted octanol–water partition coefficient (Wildman–Crippen LogP) is 2.19. The lowest BCUT2D eigenvalue weighted by Crippen LogP contribution is -2.42. The number of likely N-dealkylation sites (tertiary alicyclic amines) is 1. The first-order valence-electron chi connectivity index (χ1n) is 8.99. The molecular formula is C17H30IN5OS. The maximum atomic E-state index is 5.45. The Morgan fingerprint density at radius 2 is 2.20 bits per heavy atom. The second-order valence-electron chi connectivity index (χ2n) is 6.55. The van der Waals surface area contributed by atoms with Gasteiger partial charge in [0.25, 0.3) is 0 Å². The molecule has 8 heteroatoms. The van der Waals surface area contributed by atoms with Gasteiger partial charge in [-0.05, 0) is 26.2 Å². The van der Waals surface area contributed by atoms with Crippen molar-refractivity contribution in [2.24, 2.45) is 10.9 Å². The van der Waals surface area contributed by atoms with Gasteiger partial charge in [0, 0.05) is 50.3 Å². The zero-order chi connectivity index (χ0) is 16.8. The van der Waals surface area contributed by atoms with Crippen molar-refractivity contribution in [2.75, 3.05) is 52.5 Å². The van der Waals surface area contributed by atoms with Gasteiger partial charge in [-0.15, -0.1) is 35.3 Å². The van der Waals surface area contributed by atoms with Crippen LogP contribution >= 0.6 is 35.3 Å². The van der Waals surface area contributed by atoms with Crippen LogP contribution in [-0.2, 0) is 11.3 Å². The molecule has 2 saturated heterocycles. The summed E-state index contributed by atoms with van der Waals surface area (Å²) in [6.07, 6.45) is 3.18. The molecule has 2 fully saturated rings. The molecular weight excluding hydrogens is 449 g/mol. The molecule has 1 unspecified atom stereocenters. The number of morpholine rings is 1. The van der Waals surface area contributed by atoms with Crippen molar-refractivity contribution in [3.05, 3.63) is 16.1 Å². The van der Waals surface area contributed by atoms with Crippen LogP contribution in [0.1, 0.15) is 23.2 Å². The van der Waals surface area contributed by atoms with Crippen LogP contribution in [0.5, 0.6) is 0 Å². The topological polar surface area (TPSA) is 53.0 Å². The number of aliphatic imine (C=N–C) groups is 1. The Bertz CT molecular complexity index is 547. The predicted molar refractivity (Wildman–Crippen MR) is 114 cm³/mol. The highest BCUT2D eigenvalue weighted by atomic mass is 127. The molecule has 0 aliphatic carbocycles. The summed E-state index contributed by atoms with van der Waals surface area (Å²) in [7, 11) is 0. The molecule has 2 aliphatic heterocycles. The van der Waals surface area contributed by atoms with E-state index in [0.29, 0.717) is 6.54 Å². The van der Waals surface area contributed by atoms with Crippen molar-refractivity contribution >= 4 is 41.3 Å². The molecule has 0 saturated carbocycles. The van der Waals surface area contributed by atoms with Gasteiger partial charge in [-0.1, -0.05) is 0 Å². The van der Waals surface area contributed by atoms with Crippen molar-refractivity contribution in [3.8, 4) is 0 Å². The molecule has 1 N–H and O–H groups in total. The van der Waals surface area contributed by atoms with Gasteiger partial charge in [0.2, 0.25) is 0 Å². The summed E-state index contributed by atoms with van der Waals surface area (Å²) >= 11 is 1.73. The number of hydrogen-bond donors (Lipinski definition) is 1. The minimum absolute atomic E-state index is 0. The molecule has 0 amide bonds. The summed E-state index contributed by atoms with van der Waals surface area (Å²) < 4.78 is 5.45. The lowest BCUT2D eigenvalue weighted by molar-refractivity contribution is 0.0315. The van der Waals surface area contributed by atoms with Crippen LogP contribution in [0.15, 0.2) is 11.2 Å². The Morgan fingerprint density at radius 1 is 1.40 bits per heavy atom. The van der Waals surface area contributed by atoms with Crippen LogP contribution in [0, 0.1) is 12.8 Å². The fourth-order valence-corrected chi connectivity index (χ4v) is 4.08. The monoisotopic (exact) mass is 479 g/mol. The second-order valence-corrected chi connectivity index (χ2v) is 7.87. The molecule has 6 nitrogen and oxygen atoms in total. The molecule has 1 aromatic rings. The summed E-state index contributed by atoms with van der Waals surface area (Å²) in [5, 5.41) is 4.53. The van der Waals surface area contributed by atoms with E-state index in [0.717, 1.165) is 62.8 Å². The third-order valence-electron chi connectivity index (χ3n) is 4.57. The number of ether oxygens (including phenoxy) is 1. The highest BCUT2D eigenvalue weighted by Crippen LogP contribution is 2.19. The summed E-state index contributed by atoms with van der Waals surface area (Å²) in [4.78, 5) is 15.4. The first kappa shape index (κ1) is 20.9. The fourth-order valence-electron chi connectivity index (χ4n) is 3.37. The van der Waals surface area contributed by atoms with Crippen molar-refractivity contribution in [1.29, 1.82) is 0 Å². The number of nitrogens with one attached hydrogen (secondary N) is 1. The van der Waals surface area contributed by atoms with E-state index in [4.69, 9.17) is 9.73 Å². The van der Waals surface area contributed by atoms with Gasteiger partial charge in [0.05, 0.1) is 19.8 Å². The molecule has 2 aliphatic rings. The van der Waals surface area contributed by atoms with Gasteiger partial charge in [-0.25, -0.2) is 9.98 Å². The summed E-state index contributed by atoms with van der Waals surface area (Å²) in [6, 6.07) is 0. The number of thiazole rings is 1. The zero-order valence-electron chi connectivity index (χ0n) is 15.2. The molecule has 0 bridgehead atoms. The molecule has 3 rings (SSSR count). The van der Waals surface area contributed by atoms with Crippen LogP contribution in [0.4, 0.5) is 0 Å². The van der Waals surface area contributed by atoms with E-state index in [1.54, 1.807) is 11.3 Å². The first-order valence-corrected chi connectivity index (χ1v) is 9.81. The van der Waals surface area contributed by atoms with Gasteiger partial charge >= 0.3 is 0 Å². The minimum atomic E-state index is 0. The molecule has 0 radical (unpaired) electrons. The molecule has 142 valence electrons. The normalized spacial score (nSPS) is 22.1. The Kier molecular flexibility index (Phi) is 8.88. The number of rotatable bonds is 5. The first-order chi connectivity index (χ1) is 11.7. The average Bonchev–Trinajstić information content (AvgIpc) is 3.22. The number of halogens is 1. The molecule has 0 spiro atoms. The fraction of sp³-hybridized carbons (Fsp3) is 0.765. The molecule has 1 aromatic heterocycles. The van der Waals surface area contributed by atoms with Gasteiger partial charge in [0.1, 0.15) is 5.01 Å². The number of hydrogen-bond acceptors (Lipinski definition) is 5. The standard InChI is InChI=1S/C17H29N5OS.HI/c1-3-18-17(20-11-16-19-10-14(2)24-16)22-5-4-15(13-22)12-21-6-8-23-9-7-21;/h10,15H,3-9,11-13H2,1-2H3,(H,18,20);1H.